The van der Waals surface area contributed by atoms with Crippen LogP contribution in [-0.2, 0) is 19.6 Å². The van der Waals surface area contributed by atoms with E-state index in [1.165, 1.54) is 29.6 Å². The van der Waals surface area contributed by atoms with Gasteiger partial charge < -0.3 is 14.8 Å². The molecule has 1 saturated carbocycles. The summed E-state index contributed by atoms with van der Waals surface area (Å²) in [6.45, 7) is 0.499. The Hall–Kier alpha value is -2.13. The highest BCUT2D eigenvalue weighted by molar-refractivity contribution is 7.89. The maximum Gasteiger partial charge on any atom is 0.338 e. The van der Waals surface area contributed by atoms with Crippen molar-refractivity contribution in [3.8, 4) is 5.75 Å². The first-order valence-corrected chi connectivity index (χ1v) is 12.0. The second-order valence-corrected chi connectivity index (χ2v) is 9.72. The fourth-order valence-corrected chi connectivity index (χ4v) is 5.68. The molecule has 1 aromatic rings. The van der Waals surface area contributed by atoms with Gasteiger partial charge >= 0.3 is 5.97 Å². The third-order valence-corrected chi connectivity index (χ3v) is 7.56. The zero-order chi connectivity index (χ0) is 21.6. The van der Waals surface area contributed by atoms with Crippen LogP contribution < -0.4 is 10.1 Å². The molecule has 0 radical (unpaired) electrons. The third-order valence-electron chi connectivity index (χ3n) is 5.64. The number of hydrogen-bond acceptors (Lipinski definition) is 6. The standard InChI is InChI=1S/C21H30N2O6S/c1-28-18-11-10-16(21(25)29-15-20(24)22-17-8-4-5-9-17)14-19(18)30(26,27)23-12-6-2-3-7-13-23/h10-11,14,17H,2-9,12-13,15H2,1H3,(H,22,24). The van der Waals surface area contributed by atoms with E-state index in [-0.39, 0.29) is 28.2 Å². The average Bonchev–Trinajstić information content (AvgIpc) is 3.09. The lowest BCUT2D eigenvalue weighted by molar-refractivity contribution is -0.124. The minimum Gasteiger partial charge on any atom is -0.495 e. The van der Waals surface area contributed by atoms with Crippen molar-refractivity contribution in [3.63, 3.8) is 0 Å². The Bertz CT molecular complexity index is 856. The number of esters is 1. The summed E-state index contributed by atoms with van der Waals surface area (Å²) in [4.78, 5) is 24.4. The number of rotatable bonds is 7. The lowest BCUT2D eigenvalue weighted by Gasteiger charge is -2.21. The van der Waals surface area contributed by atoms with Crippen LogP contribution in [0.25, 0.3) is 0 Å². The van der Waals surface area contributed by atoms with E-state index in [0.29, 0.717) is 13.1 Å². The van der Waals surface area contributed by atoms with E-state index in [9.17, 15) is 18.0 Å². The first kappa shape index (κ1) is 22.6. The highest BCUT2D eigenvalue weighted by atomic mass is 32.2. The van der Waals surface area contributed by atoms with Gasteiger partial charge in [0.1, 0.15) is 10.6 Å². The summed E-state index contributed by atoms with van der Waals surface area (Å²) in [6.07, 6.45) is 7.66. The number of methoxy groups -OCH3 is 1. The second-order valence-electron chi connectivity index (χ2n) is 7.81. The molecule has 8 nitrogen and oxygen atoms in total. The zero-order valence-corrected chi connectivity index (χ0v) is 18.2. The third kappa shape index (κ3) is 5.51. The van der Waals surface area contributed by atoms with E-state index in [1.807, 2.05) is 0 Å². The minimum atomic E-state index is -3.81. The molecule has 0 unspecified atom stereocenters. The fraction of sp³-hybridized carbons (Fsp3) is 0.619. The summed E-state index contributed by atoms with van der Waals surface area (Å²) < 4.78 is 38.2. The van der Waals surface area contributed by atoms with Gasteiger partial charge in [-0.3, -0.25) is 4.79 Å². The molecule has 30 heavy (non-hydrogen) atoms. The number of nitrogens with zero attached hydrogens (tertiary/aromatic N) is 1. The molecule has 1 aliphatic carbocycles. The smallest absolute Gasteiger partial charge is 0.338 e. The maximum atomic E-state index is 13.2. The molecule has 3 rings (SSSR count). The summed E-state index contributed by atoms with van der Waals surface area (Å²) in [5.74, 6) is -0.914. The zero-order valence-electron chi connectivity index (χ0n) is 17.4. The number of carbonyl (C=O) groups is 2. The van der Waals surface area contributed by atoms with Crippen LogP contribution >= 0.6 is 0 Å². The highest BCUT2D eigenvalue weighted by Crippen LogP contribution is 2.29. The van der Waals surface area contributed by atoms with Gasteiger partial charge in [0.05, 0.1) is 12.7 Å². The van der Waals surface area contributed by atoms with E-state index in [2.05, 4.69) is 5.32 Å². The van der Waals surface area contributed by atoms with Crippen molar-refractivity contribution in [2.75, 3.05) is 26.8 Å². The Balaban J connectivity index is 1.71. The number of ether oxygens (including phenoxy) is 2. The number of nitrogens with one attached hydrogen (secondary N) is 1. The van der Waals surface area contributed by atoms with Crippen LogP contribution in [0.4, 0.5) is 0 Å². The Morgan fingerprint density at radius 3 is 2.37 bits per heavy atom. The number of carbonyl (C=O) groups excluding carboxylic acids is 2. The summed E-state index contributed by atoms with van der Waals surface area (Å²) in [7, 11) is -2.42. The Morgan fingerprint density at radius 2 is 1.73 bits per heavy atom. The van der Waals surface area contributed by atoms with Crippen molar-refractivity contribution >= 4 is 21.9 Å². The molecule has 2 fully saturated rings. The van der Waals surface area contributed by atoms with Gasteiger partial charge in [-0.1, -0.05) is 25.7 Å². The number of benzene rings is 1. The topological polar surface area (TPSA) is 102 Å². The summed E-state index contributed by atoms with van der Waals surface area (Å²) in [6, 6.07) is 4.30. The molecule has 0 spiro atoms. The van der Waals surface area contributed by atoms with Gasteiger partial charge in [0.15, 0.2) is 6.61 Å². The van der Waals surface area contributed by atoms with Crippen LogP contribution in [0, 0.1) is 0 Å². The average molecular weight is 439 g/mol. The molecular weight excluding hydrogens is 408 g/mol. The van der Waals surface area contributed by atoms with Crippen molar-refractivity contribution in [1.29, 1.82) is 0 Å². The van der Waals surface area contributed by atoms with Gasteiger partial charge in [0, 0.05) is 19.1 Å². The molecule has 166 valence electrons. The van der Waals surface area contributed by atoms with Crippen molar-refractivity contribution in [1.82, 2.24) is 9.62 Å². The molecule has 1 aromatic carbocycles. The van der Waals surface area contributed by atoms with Crippen molar-refractivity contribution < 1.29 is 27.5 Å². The maximum absolute atomic E-state index is 13.2. The van der Waals surface area contributed by atoms with E-state index >= 15 is 0 Å². The van der Waals surface area contributed by atoms with Crippen molar-refractivity contribution in [3.05, 3.63) is 23.8 Å². The Kier molecular flexibility index (Phi) is 7.71. The quantitative estimate of drug-likeness (QED) is 0.656. The van der Waals surface area contributed by atoms with Gasteiger partial charge in [-0.05, 0) is 43.9 Å². The van der Waals surface area contributed by atoms with E-state index in [4.69, 9.17) is 9.47 Å². The monoisotopic (exact) mass is 438 g/mol. The Labute approximate surface area is 178 Å². The van der Waals surface area contributed by atoms with E-state index in [0.717, 1.165) is 51.4 Å². The van der Waals surface area contributed by atoms with Crippen LogP contribution in [0.5, 0.6) is 5.75 Å². The lowest BCUT2D eigenvalue weighted by Crippen LogP contribution is -2.36. The molecule has 1 heterocycles. The molecule has 1 amide bonds. The van der Waals surface area contributed by atoms with Crippen LogP contribution in [0.2, 0.25) is 0 Å². The van der Waals surface area contributed by atoms with Crippen LogP contribution in [0.15, 0.2) is 23.1 Å². The van der Waals surface area contributed by atoms with Gasteiger partial charge in [0.2, 0.25) is 10.0 Å². The largest absolute Gasteiger partial charge is 0.495 e. The van der Waals surface area contributed by atoms with Gasteiger partial charge in [-0.2, -0.15) is 4.31 Å². The first-order valence-electron chi connectivity index (χ1n) is 10.6. The predicted molar refractivity (Wildman–Crippen MR) is 111 cm³/mol. The van der Waals surface area contributed by atoms with Gasteiger partial charge in [0.25, 0.3) is 5.91 Å². The number of amides is 1. The molecule has 0 bridgehead atoms. The van der Waals surface area contributed by atoms with Crippen LogP contribution in [0.1, 0.15) is 61.7 Å². The minimum absolute atomic E-state index is 0.0586. The SMILES string of the molecule is COc1ccc(C(=O)OCC(=O)NC2CCCC2)cc1S(=O)(=O)N1CCCCCC1. The van der Waals surface area contributed by atoms with Crippen molar-refractivity contribution in [2.45, 2.75) is 62.3 Å². The summed E-state index contributed by atoms with van der Waals surface area (Å²) >= 11 is 0. The number of sulfonamides is 1. The van der Waals surface area contributed by atoms with Crippen molar-refractivity contribution in [2.24, 2.45) is 0 Å². The molecule has 1 N–H and O–H groups in total. The summed E-state index contributed by atoms with van der Waals surface area (Å²) in [5, 5.41) is 2.85. The molecule has 2 aliphatic rings. The highest BCUT2D eigenvalue weighted by Gasteiger charge is 2.29. The van der Waals surface area contributed by atoms with Crippen LogP contribution in [0.3, 0.4) is 0 Å². The predicted octanol–water partition coefficient (Wildman–Crippen LogP) is 2.48. The summed E-state index contributed by atoms with van der Waals surface area (Å²) in [5.41, 5.74) is 0.0675. The normalized spacial score (nSPS) is 18.6. The Morgan fingerprint density at radius 1 is 1.07 bits per heavy atom. The molecular formula is C21H30N2O6S. The number of hydrogen-bond donors (Lipinski definition) is 1. The molecule has 1 saturated heterocycles. The van der Waals surface area contributed by atoms with E-state index in [1.54, 1.807) is 0 Å². The fourth-order valence-electron chi connectivity index (χ4n) is 3.98. The lowest BCUT2D eigenvalue weighted by atomic mass is 10.2. The molecule has 0 aromatic heterocycles. The molecule has 1 aliphatic heterocycles. The second kappa shape index (κ2) is 10.3. The molecule has 9 heteroatoms. The first-order chi connectivity index (χ1) is 14.4. The molecule has 0 atom stereocenters. The van der Waals surface area contributed by atoms with Gasteiger partial charge in [-0.25, -0.2) is 13.2 Å². The van der Waals surface area contributed by atoms with Crippen LogP contribution in [-0.4, -0.2) is 57.4 Å². The van der Waals surface area contributed by atoms with Gasteiger partial charge in [-0.15, -0.1) is 0 Å². The van der Waals surface area contributed by atoms with E-state index < -0.39 is 22.6 Å².